The van der Waals surface area contributed by atoms with E-state index in [1.165, 1.54) is 0 Å². The Hall–Kier alpha value is -3.34. The van der Waals surface area contributed by atoms with Crippen LogP contribution < -0.4 is 5.43 Å². The summed E-state index contributed by atoms with van der Waals surface area (Å²) in [4.78, 5) is 4.27. The summed E-state index contributed by atoms with van der Waals surface area (Å²) in [6, 6.07) is 19.1. The lowest BCUT2D eigenvalue weighted by Gasteiger charge is -2.04. The minimum atomic E-state index is 0.173. The quantitative estimate of drug-likeness (QED) is 0.441. The molecule has 5 nitrogen and oxygen atoms in total. The van der Waals surface area contributed by atoms with Crippen LogP contribution in [0.1, 0.15) is 5.56 Å². The summed E-state index contributed by atoms with van der Waals surface area (Å²) in [5.41, 5.74) is 4.86. The smallest absolute Gasteiger partial charge is 0.316 e. The Morgan fingerprint density at radius 1 is 1.00 bits per heavy atom. The third kappa shape index (κ3) is 2.48. The molecule has 0 spiro atoms. The second kappa shape index (κ2) is 5.46. The van der Waals surface area contributed by atoms with E-state index in [0.717, 1.165) is 16.3 Å². The van der Waals surface area contributed by atoms with Crippen molar-refractivity contribution in [3.8, 4) is 5.75 Å². The molecule has 3 aromatic carbocycles. The zero-order valence-electron chi connectivity index (χ0n) is 12.1. The Bertz CT molecular complexity index is 988. The maximum absolute atomic E-state index is 10.1. The Labute approximate surface area is 131 Å². The second-order valence-corrected chi connectivity index (χ2v) is 5.08. The van der Waals surface area contributed by atoms with Gasteiger partial charge < -0.3 is 9.52 Å². The van der Waals surface area contributed by atoms with Gasteiger partial charge in [0.1, 0.15) is 11.3 Å². The topological polar surface area (TPSA) is 70.7 Å². The summed E-state index contributed by atoms with van der Waals surface area (Å²) in [5, 5.41) is 16.2. The number of hydrazone groups is 1. The molecule has 1 aromatic heterocycles. The number of hydrogen-bond acceptors (Lipinski definition) is 5. The number of hydrogen-bond donors (Lipinski definition) is 2. The van der Waals surface area contributed by atoms with Crippen LogP contribution in [0.2, 0.25) is 0 Å². The predicted molar refractivity (Wildman–Crippen MR) is 90.8 cm³/mol. The normalized spacial score (nSPS) is 11.5. The molecule has 1 heterocycles. The zero-order chi connectivity index (χ0) is 15.6. The van der Waals surface area contributed by atoms with Gasteiger partial charge in [0, 0.05) is 5.56 Å². The van der Waals surface area contributed by atoms with E-state index in [4.69, 9.17) is 4.42 Å². The minimum absolute atomic E-state index is 0.173. The molecular weight excluding hydrogens is 290 g/mol. The van der Waals surface area contributed by atoms with Crippen molar-refractivity contribution in [3.05, 3.63) is 66.2 Å². The fourth-order valence-corrected chi connectivity index (χ4v) is 2.49. The Kier molecular flexibility index (Phi) is 3.16. The van der Waals surface area contributed by atoms with Gasteiger partial charge in [0.05, 0.1) is 6.21 Å². The number of nitrogens with zero attached hydrogens (tertiary/aromatic N) is 2. The summed E-state index contributed by atoms with van der Waals surface area (Å²) in [5.74, 6) is 0.173. The average Bonchev–Trinajstić information content (AvgIpc) is 2.99. The van der Waals surface area contributed by atoms with E-state index in [-0.39, 0.29) is 5.75 Å². The van der Waals surface area contributed by atoms with Crippen LogP contribution in [0.25, 0.3) is 21.9 Å². The molecule has 0 saturated heterocycles. The summed E-state index contributed by atoms with van der Waals surface area (Å²) in [7, 11) is 0. The summed E-state index contributed by atoms with van der Waals surface area (Å²) in [6.07, 6.45) is 1.56. The molecule has 0 saturated carbocycles. The number of aromatic hydroxyl groups is 1. The number of anilines is 1. The van der Waals surface area contributed by atoms with E-state index in [9.17, 15) is 5.11 Å². The number of benzene rings is 3. The van der Waals surface area contributed by atoms with E-state index >= 15 is 0 Å². The highest BCUT2D eigenvalue weighted by atomic mass is 16.4. The molecule has 4 rings (SSSR count). The minimum Gasteiger partial charge on any atom is -0.507 e. The van der Waals surface area contributed by atoms with E-state index in [1.54, 1.807) is 12.3 Å². The maximum atomic E-state index is 10.1. The lowest BCUT2D eigenvalue weighted by molar-refractivity contribution is 0.475. The molecular formula is C18H13N3O2. The first-order valence-electron chi connectivity index (χ1n) is 7.16. The second-order valence-electron chi connectivity index (χ2n) is 5.08. The number of para-hydroxylation sites is 2. The number of rotatable bonds is 3. The SMILES string of the molecule is Oc1ccc2ccccc2c1/C=N\Nc1nc2ccccc2o1. The first-order chi connectivity index (χ1) is 11.3. The van der Waals surface area contributed by atoms with Gasteiger partial charge in [-0.1, -0.05) is 42.5 Å². The lowest BCUT2D eigenvalue weighted by atomic mass is 10.0. The van der Waals surface area contributed by atoms with Crippen molar-refractivity contribution in [3.63, 3.8) is 0 Å². The molecule has 0 atom stereocenters. The molecule has 112 valence electrons. The third-order valence-corrected chi connectivity index (χ3v) is 3.60. The molecule has 0 fully saturated rings. The highest BCUT2D eigenvalue weighted by Crippen LogP contribution is 2.25. The van der Waals surface area contributed by atoms with Gasteiger partial charge in [0.2, 0.25) is 0 Å². The number of phenolic OH excluding ortho intramolecular Hbond substituents is 1. The van der Waals surface area contributed by atoms with E-state index in [2.05, 4.69) is 15.5 Å². The highest BCUT2D eigenvalue weighted by molar-refractivity contribution is 6.02. The number of phenols is 1. The molecule has 2 N–H and O–H groups in total. The first-order valence-corrected chi connectivity index (χ1v) is 7.16. The van der Waals surface area contributed by atoms with Crippen molar-refractivity contribution >= 4 is 34.1 Å². The molecule has 0 aliphatic heterocycles. The van der Waals surface area contributed by atoms with Gasteiger partial charge >= 0.3 is 6.01 Å². The van der Waals surface area contributed by atoms with Crippen molar-refractivity contribution in [2.24, 2.45) is 5.10 Å². The van der Waals surface area contributed by atoms with Gasteiger partial charge in [-0.05, 0) is 29.0 Å². The van der Waals surface area contributed by atoms with E-state index in [1.807, 2.05) is 54.6 Å². The summed E-state index contributed by atoms with van der Waals surface area (Å²) < 4.78 is 5.53. The largest absolute Gasteiger partial charge is 0.507 e. The van der Waals surface area contributed by atoms with Gasteiger partial charge in [-0.2, -0.15) is 10.1 Å². The van der Waals surface area contributed by atoms with Crippen LogP contribution in [0.15, 0.2) is 70.2 Å². The van der Waals surface area contributed by atoms with Crippen LogP contribution in [0.4, 0.5) is 6.01 Å². The number of fused-ring (bicyclic) bond motifs is 2. The van der Waals surface area contributed by atoms with Crippen molar-refractivity contribution in [1.82, 2.24) is 4.98 Å². The molecule has 23 heavy (non-hydrogen) atoms. The Balaban J connectivity index is 1.65. The fraction of sp³-hybridized carbons (Fsp3) is 0. The third-order valence-electron chi connectivity index (χ3n) is 3.60. The number of aromatic nitrogens is 1. The van der Waals surface area contributed by atoms with Gasteiger partial charge in [-0.25, -0.2) is 5.43 Å². The highest BCUT2D eigenvalue weighted by Gasteiger charge is 2.05. The molecule has 0 aliphatic carbocycles. The van der Waals surface area contributed by atoms with Crippen LogP contribution in [-0.4, -0.2) is 16.3 Å². The van der Waals surface area contributed by atoms with Crippen LogP contribution in [0.3, 0.4) is 0 Å². The van der Waals surface area contributed by atoms with Crippen molar-refractivity contribution in [1.29, 1.82) is 0 Å². The monoisotopic (exact) mass is 303 g/mol. The standard InChI is InChI=1S/C18H13N3O2/c22-16-10-9-12-5-1-2-6-13(12)14(16)11-19-21-18-20-15-7-3-4-8-17(15)23-18/h1-11,22H,(H,20,21)/b19-11-. The Morgan fingerprint density at radius 3 is 2.74 bits per heavy atom. The van der Waals surface area contributed by atoms with Crippen LogP contribution >= 0.6 is 0 Å². The van der Waals surface area contributed by atoms with Gasteiger partial charge in [-0.15, -0.1) is 0 Å². The zero-order valence-corrected chi connectivity index (χ0v) is 12.1. The first kappa shape index (κ1) is 13.3. The number of oxazole rings is 1. The fourth-order valence-electron chi connectivity index (χ4n) is 2.49. The molecule has 4 aromatic rings. The molecule has 0 aliphatic rings. The molecule has 0 radical (unpaired) electrons. The number of nitrogens with one attached hydrogen (secondary N) is 1. The van der Waals surface area contributed by atoms with Crippen LogP contribution in [0.5, 0.6) is 5.75 Å². The van der Waals surface area contributed by atoms with Crippen molar-refractivity contribution < 1.29 is 9.52 Å². The lowest BCUT2D eigenvalue weighted by Crippen LogP contribution is -1.92. The molecule has 5 heteroatoms. The molecule has 0 bridgehead atoms. The molecule has 0 unspecified atom stereocenters. The van der Waals surface area contributed by atoms with E-state index < -0.39 is 0 Å². The average molecular weight is 303 g/mol. The summed E-state index contributed by atoms with van der Waals surface area (Å²) >= 11 is 0. The van der Waals surface area contributed by atoms with Gasteiger partial charge in [-0.3, -0.25) is 0 Å². The summed E-state index contributed by atoms with van der Waals surface area (Å²) in [6.45, 7) is 0. The van der Waals surface area contributed by atoms with Crippen molar-refractivity contribution in [2.75, 3.05) is 5.43 Å². The Morgan fingerprint density at radius 2 is 1.83 bits per heavy atom. The van der Waals surface area contributed by atoms with Crippen LogP contribution in [0, 0.1) is 0 Å². The van der Waals surface area contributed by atoms with Gasteiger partial charge in [0.15, 0.2) is 5.58 Å². The maximum Gasteiger partial charge on any atom is 0.316 e. The van der Waals surface area contributed by atoms with Gasteiger partial charge in [0.25, 0.3) is 0 Å². The van der Waals surface area contributed by atoms with E-state index in [0.29, 0.717) is 17.2 Å². The van der Waals surface area contributed by atoms with Crippen LogP contribution in [-0.2, 0) is 0 Å². The van der Waals surface area contributed by atoms with Crippen molar-refractivity contribution in [2.45, 2.75) is 0 Å². The molecule has 0 amide bonds. The predicted octanol–water partition coefficient (Wildman–Crippen LogP) is 4.13.